The molecule has 0 saturated carbocycles. The lowest BCUT2D eigenvalue weighted by atomic mass is 10.2. The molecule has 0 spiro atoms. The largest absolute Gasteiger partial charge is 0.497 e. The smallest absolute Gasteiger partial charge is 0.331 e. The molecular formula is C25H26O9. The van der Waals surface area contributed by atoms with Gasteiger partial charge >= 0.3 is 11.9 Å². The summed E-state index contributed by atoms with van der Waals surface area (Å²) in [6, 6.07) is 10.2. The lowest BCUT2D eigenvalue weighted by Gasteiger charge is -2.07. The molecule has 9 nitrogen and oxygen atoms in total. The Labute approximate surface area is 197 Å². The topological polar surface area (TPSA) is 107 Å². The maximum absolute atomic E-state index is 11.9. The monoisotopic (exact) mass is 470 g/mol. The number of methoxy groups -OCH3 is 4. The number of benzene rings is 2. The molecule has 9 heteroatoms. The van der Waals surface area contributed by atoms with Crippen LogP contribution < -0.4 is 18.9 Å². The lowest BCUT2D eigenvalue weighted by Crippen LogP contribution is -2.19. The van der Waals surface area contributed by atoms with E-state index in [4.69, 9.17) is 28.4 Å². The van der Waals surface area contributed by atoms with E-state index in [9.17, 15) is 14.4 Å². The van der Waals surface area contributed by atoms with Crippen LogP contribution in [-0.2, 0) is 23.9 Å². The first-order valence-electron chi connectivity index (χ1n) is 10.1. The van der Waals surface area contributed by atoms with E-state index in [1.807, 2.05) is 0 Å². The molecule has 0 radical (unpaired) electrons. The van der Waals surface area contributed by atoms with Crippen LogP contribution in [0.15, 0.2) is 48.6 Å². The van der Waals surface area contributed by atoms with Gasteiger partial charge in [0.05, 0.1) is 28.4 Å². The Morgan fingerprint density at radius 3 is 1.41 bits per heavy atom. The van der Waals surface area contributed by atoms with Crippen molar-refractivity contribution in [3.63, 3.8) is 0 Å². The molecule has 0 unspecified atom stereocenters. The summed E-state index contributed by atoms with van der Waals surface area (Å²) in [5, 5.41) is 0. The molecule has 0 amide bonds. The predicted molar refractivity (Wildman–Crippen MR) is 124 cm³/mol. The molecule has 34 heavy (non-hydrogen) atoms. The second-order valence-electron chi connectivity index (χ2n) is 6.64. The van der Waals surface area contributed by atoms with E-state index in [0.29, 0.717) is 34.1 Å². The van der Waals surface area contributed by atoms with Gasteiger partial charge in [-0.1, -0.05) is 0 Å². The van der Waals surface area contributed by atoms with Gasteiger partial charge in [0.1, 0.15) is 23.0 Å². The summed E-state index contributed by atoms with van der Waals surface area (Å²) in [5.41, 5.74) is 1.25. The van der Waals surface area contributed by atoms with Crippen LogP contribution in [-0.4, -0.2) is 59.4 Å². The molecule has 180 valence electrons. The van der Waals surface area contributed by atoms with Gasteiger partial charge in [0, 0.05) is 35.4 Å². The number of ketones is 1. The third kappa shape index (κ3) is 8.01. The molecule has 0 aliphatic heterocycles. The number of carbonyl (C=O) groups excluding carboxylic acids is 3. The number of ether oxygens (including phenoxy) is 6. The predicted octanol–water partition coefficient (Wildman–Crippen LogP) is 3.10. The Hall–Kier alpha value is -4.27. The van der Waals surface area contributed by atoms with Crippen LogP contribution in [0, 0.1) is 0 Å². The maximum atomic E-state index is 11.9. The Morgan fingerprint density at radius 1 is 0.647 bits per heavy atom. The van der Waals surface area contributed by atoms with Crippen molar-refractivity contribution in [1.82, 2.24) is 0 Å². The van der Waals surface area contributed by atoms with Crippen molar-refractivity contribution in [2.75, 3.05) is 41.7 Å². The molecule has 2 aromatic carbocycles. The number of Topliss-reactive ketones (excluding diaryl/α,β-unsaturated/α-hetero) is 1. The Bertz CT molecular complexity index is 987. The number of hydrogen-bond donors (Lipinski definition) is 0. The van der Waals surface area contributed by atoms with Crippen molar-refractivity contribution in [3.05, 3.63) is 59.7 Å². The first kappa shape index (κ1) is 26.0. The highest BCUT2D eigenvalue weighted by Gasteiger charge is 2.10. The first-order chi connectivity index (χ1) is 16.4. The minimum Gasteiger partial charge on any atom is -0.497 e. The summed E-state index contributed by atoms with van der Waals surface area (Å²) < 4.78 is 30.5. The van der Waals surface area contributed by atoms with E-state index in [-0.39, 0.29) is 0 Å². The van der Waals surface area contributed by atoms with Gasteiger partial charge in [0.25, 0.3) is 0 Å². The van der Waals surface area contributed by atoms with Gasteiger partial charge in [0.2, 0.25) is 5.78 Å². The van der Waals surface area contributed by atoms with Crippen LogP contribution >= 0.6 is 0 Å². The van der Waals surface area contributed by atoms with Gasteiger partial charge in [-0.25, -0.2) is 9.59 Å². The molecule has 0 heterocycles. The van der Waals surface area contributed by atoms with Gasteiger partial charge in [-0.15, -0.1) is 0 Å². The lowest BCUT2D eigenvalue weighted by molar-refractivity contribution is -0.148. The van der Waals surface area contributed by atoms with E-state index in [1.54, 1.807) is 36.4 Å². The van der Waals surface area contributed by atoms with E-state index < -0.39 is 30.9 Å². The van der Waals surface area contributed by atoms with Crippen LogP contribution in [0.25, 0.3) is 12.2 Å². The number of esters is 2. The standard InChI is InChI=1S/C25H26O9/c1-29-20-9-5-17(22(13-20)31-3)7-11-24(27)33-15-19(26)16-34-25(28)12-8-18-6-10-21(30-2)14-23(18)32-4/h5-14H,15-16H2,1-4H3. The molecule has 0 aromatic heterocycles. The summed E-state index contributed by atoms with van der Waals surface area (Å²) >= 11 is 0. The Morgan fingerprint density at radius 2 is 1.06 bits per heavy atom. The van der Waals surface area contributed by atoms with Crippen LogP contribution in [0.3, 0.4) is 0 Å². The quantitative estimate of drug-likeness (QED) is 0.342. The van der Waals surface area contributed by atoms with Gasteiger partial charge in [-0.05, 0) is 36.4 Å². The van der Waals surface area contributed by atoms with Crippen molar-refractivity contribution in [1.29, 1.82) is 0 Å². The van der Waals surface area contributed by atoms with Crippen molar-refractivity contribution < 1.29 is 42.8 Å². The second-order valence-corrected chi connectivity index (χ2v) is 6.64. The third-order valence-electron chi connectivity index (χ3n) is 4.43. The Balaban J connectivity index is 1.80. The minimum atomic E-state index is -0.732. The highest BCUT2D eigenvalue weighted by atomic mass is 16.6. The average molecular weight is 470 g/mol. The zero-order chi connectivity index (χ0) is 24.9. The van der Waals surface area contributed by atoms with Crippen molar-refractivity contribution in [2.45, 2.75) is 0 Å². The SMILES string of the molecule is COc1ccc(C=CC(=O)OCC(=O)COC(=O)C=Cc2ccc(OC)cc2OC)c(OC)c1. The molecule has 0 aliphatic rings. The molecule has 0 bridgehead atoms. The summed E-state index contributed by atoms with van der Waals surface area (Å²) in [7, 11) is 6.05. The third-order valence-corrected chi connectivity index (χ3v) is 4.43. The highest BCUT2D eigenvalue weighted by Crippen LogP contribution is 2.26. The molecule has 2 aromatic rings. The van der Waals surface area contributed by atoms with Crippen LogP contribution in [0.4, 0.5) is 0 Å². The van der Waals surface area contributed by atoms with E-state index in [1.165, 1.54) is 40.6 Å². The first-order valence-corrected chi connectivity index (χ1v) is 10.1. The van der Waals surface area contributed by atoms with Crippen LogP contribution in [0.5, 0.6) is 23.0 Å². The number of hydrogen-bond acceptors (Lipinski definition) is 9. The summed E-state index contributed by atoms with van der Waals surface area (Å²) in [6.07, 6.45) is 5.30. The molecule has 0 aliphatic carbocycles. The maximum Gasteiger partial charge on any atom is 0.331 e. The molecule has 0 N–H and O–H groups in total. The molecule has 0 fully saturated rings. The van der Waals surface area contributed by atoms with Gasteiger partial charge in [-0.2, -0.15) is 0 Å². The number of rotatable bonds is 12. The minimum absolute atomic E-state index is 0.506. The van der Waals surface area contributed by atoms with E-state index >= 15 is 0 Å². The summed E-state index contributed by atoms with van der Waals surface area (Å²) in [6.45, 7) is -1.07. The zero-order valence-electron chi connectivity index (χ0n) is 19.4. The fraction of sp³-hybridized carbons (Fsp3) is 0.240. The van der Waals surface area contributed by atoms with E-state index in [0.717, 1.165) is 12.2 Å². The summed E-state index contributed by atoms with van der Waals surface area (Å²) in [5.74, 6) is 0.184. The molecular weight excluding hydrogens is 444 g/mol. The molecule has 0 atom stereocenters. The van der Waals surface area contributed by atoms with E-state index in [2.05, 4.69) is 0 Å². The number of carbonyl (C=O) groups is 3. The molecule has 2 rings (SSSR count). The highest BCUT2D eigenvalue weighted by molar-refractivity contribution is 5.92. The fourth-order valence-electron chi connectivity index (χ4n) is 2.67. The normalized spacial score (nSPS) is 10.7. The van der Waals surface area contributed by atoms with Gasteiger partial charge in [0.15, 0.2) is 13.2 Å². The van der Waals surface area contributed by atoms with Crippen molar-refractivity contribution in [2.24, 2.45) is 0 Å². The summed E-state index contributed by atoms with van der Waals surface area (Å²) in [4.78, 5) is 35.6. The Kier molecular flexibility index (Phi) is 10.2. The van der Waals surface area contributed by atoms with Gasteiger partial charge in [-0.3, -0.25) is 4.79 Å². The fourth-order valence-corrected chi connectivity index (χ4v) is 2.67. The van der Waals surface area contributed by atoms with Crippen LogP contribution in [0.2, 0.25) is 0 Å². The zero-order valence-corrected chi connectivity index (χ0v) is 19.4. The van der Waals surface area contributed by atoms with Crippen molar-refractivity contribution in [3.8, 4) is 23.0 Å². The second kappa shape index (κ2) is 13.3. The van der Waals surface area contributed by atoms with Crippen molar-refractivity contribution >= 4 is 29.9 Å². The molecule has 0 saturated heterocycles. The van der Waals surface area contributed by atoms with Gasteiger partial charge < -0.3 is 28.4 Å². The average Bonchev–Trinajstić information content (AvgIpc) is 2.87. The van der Waals surface area contributed by atoms with Crippen LogP contribution in [0.1, 0.15) is 11.1 Å².